The molecule has 0 bridgehead atoms. The number of aliphatic hydroxyl groups excluding tert-OH is 1. The maximum absolute atomic E-state index is 13.9. The van der Waals surface area contributed by atoms with Crippen molar-refractivity contribution in [1.82, 2.24) is 20.4 Å². The first-order valence-electron chi connectivity index (χ1n) is 13.5. The topological polar surface area (TPSA) is 121 Å². The highest BCUT2D eigenvalue weighted by Gasteiger charge is 2.48. The van der Waals surface area contributed by atoms with E-state index >= 15 is 0 Å². The molecular weight excluding hydrogens is 492 g/mol. The molecule has 2 N–H and O–H groups in total. The van der Waals surface area contributed by atoms with Crippen LogP contribution in [0.15, 0.2) is 58.2 Å². The van der Waals surface area contributed by atoms with Crippen molar-refractivity contribution < 1.29 is 19.2 Å². The van der Waals surface area contributed by atoms with Crippen molar-refractivity contribution in [2.75, 3.05) is 6.54 Å². The van der Waals surface area contributed by atoms with E-state index in [0.29, 0.717) is 25.2 Å². The van der Waals surface area contributed by atoms with E-state index in [0.717, 1.165) is 28.0 Å². The summed E-state index contributed by atoms with van der Waals surface area (Å²) in [7, 11) is 2.68. The number of amidine groups is 1. The summed E-state index contributed by atoms with van der Waals surface area (Å²) in [5.74, 6) is -0.210. The molecular formula is C28H33B2N5O4. The minimum Gasteiger partial charge on any atom is -0.391 e. The van der Waals surface area contributed by atoms with Crippen molar-refractivity contribution in [3.63, 3.8) is 0 Å². The molecule has 2 aliphatic heterocycles. The van der Waals surface area contributed by atoms with Gasteiger partial charge in [-0.05, 0) is 43.0 Å². The maximum Gasteiger partial charge on any atom is 0.277 e. The third-order valence-electron chi connectivity index (χ3n) is 7.86. The highest BCUT2D eigenvalue weighted by atomic mass is 16.5. The minimum absolute atomic E-state index is 0.0547. The Morgan fingerprint density at radius 1 is 1.28 bits per heavy atom. The average molecular weight is 525 g/mol. The molecule has 9 nitrogen and oxygen atoms in total. The lowest BCUT2D eigenvalue weighted by atomic mass is 9.53. The monoisotopic (exact) mass is 525 g/mol. The first-order valence-corrected chi connectivity index (χ1v) is 13.5. The SMILES string of the molecule is BBc1cc(C(C(=O)N2C[C@H](O)CC2C2=NC(=O)[C@](C)(c3ccc(-c4cccnc4C)cc3)N2)C(C)C)on1. The summed E-state index contributed by atoms with van der Waals surface area (Å²) in [6.45, 7) is 7.84. The quantitative estimate of drug-likeness (QED) is 0.438. The van der Waals surface area contributed by atoms with E-state index in [-0.39, 0.29) is 24.3 Å². The second-order valence-corrected chi connectivity index (χ2v) is 11.0. The van der Waals surface area contributed by atoms with Gasteiger partial charge in [-0.25, -0.2) is 0 Å². The van der Waals surface area contributed by atoms with E-state index in [2.05, 4.69) is 20.4 Å². The Morgan fingerprint density at radius 3 is 2.67 bits per heavy atom. The Morgan fingerprint density at radius 2 is 2.03 bits per heavy atom. The van der Waals surface area contributed by atoms with Gasteiger partial charge in [0.15, 0.2) is 0 Å². The number of aliphatic imine (C=N–C) groups is 1. The third kappa shape index (κ3) is 4.91. The maximum atomic E-state index is 13.9. The van der Waals surface area contributed by atoms with Crippen molar-refractivity contribution >= 4 is 38.2 Å². The number of nitrogens with zero attached hydrogens (tertiary/aromatic N) is 4. The van der Waals surface area contributed by atoms with Crippen LogP contribution in [0.1, 0.15) is 50.1 Å². The summed E-state index contributed by atoms with van der Waals surface area (Å²) < 4.78 is 5.54. The molecule has 5 rings (SSSR count). The number of carbonyl (C=O) groups excluding carboxylic acids is 2. The minimum atomic E-state index is -1.08. The summed E-state index contributed by atoms with van der Waals surface area (Å²) in [5.41, 5.74) is 3.43. The van der Waals surface area contributed by atoms with E-state index in [1.54, 1.807) is 18.0 Å². The number of nitrogens with one attached hydrogen (secondary N) is 1. The van der Waals surface area contributed by atoms with Gasteiger partial charge in [-0.2, -0.15) is 4.99 Å². The molecule has 0 radical (unpaired) electrons. The number of carbonyl (C=O) groups is 2. The number of hydrogen-bond acceptors (Lipinski definition) is 7. The Hall–Kier alpha value is -3.72. The van der Waals surface area contributed by atoms with Crippen LogP contribution in [-0.2, 0) is 15.1 Å². The molecule has 4 atom stereocenters. The number of aromatic nitrogens is 2. The van der Waals surface area contributed by atoms with Crippen LogP contribution in [0.4, 0.5) is 0 Å². The largest absolute Gasteiger partial charge is 0.391 e. The number of amides is 2. The third-order valence-corrected chi connectivity index (χ3v) is 7.86. The number of likely N-dealkylation sites (tertiary alicyclic amines) is 1. The molecule has 1 aromatic carbocycles. The van der Waals surface area contributed by atoms with Crippen LogP contribution in [0.2, 0.25) is 0 Å². The standard InChI is InChI=1S/C28H33B2N5O4/c1-15(2)24(22-13-23(30-29)34-39-22)26(37)35-14-19(36)12-21(35)25-32-27(38)28(4,33-25)18-9-7-17(8-10-18)20-6-5-11-31-16(20)3/h5-11,13,15,19,21,24,30,36H,12,14,29H2,1-4H3,(H,32,33,38)/t19-,21?,24?,28+/m1/s1. The van der Waals surface area contributed by atoms with Gasteiger partial charge in [0, 0.05) is 36.0 Å². The highest BCUT2D eigenvalue weighted by molar-refractivity contribution is 6.97. The van der Waals surface area contributed by atoms with Gasteiger partial charge in [0.1, 0.15) is 30.2 Å². The van der Waals surface area contributed by atoms with Crippen LogP contribution in [0.25, 0.3) is 11.1 Å². The summed E-state index contributed by atoms with van der Waals surface area (Å²) >= 11 is 0. The van der Waals surface area contributed by atoms with E-state index in [1.165, 1.54) is 0 Å². The summed E-state index contributed by atoms with van der Waals surface area (Å²) in [6, 6.07) is 13.0. The number of aliphatic hydroxyl groups is 1. The lowest BCUT2D eigenvalue weighted by Gasteiger charge is -2.31. The average Bonchev–Trinajstić information content (AvgIpc) is 3.62. The van der Waals surface area contributed by atoms with Crippen molar-refractivity contribution in [1.29, 1.82) is 0 Å². The molecule has 0 spiro atoms. The van der Waals surface area contributed by atoms with Crippen LogP contribution in [0, 0.1) is 12.8 Å². The fourth-order valence-electron chi connectivity index (χ4n) is 5.56. The summed E-state index contributed by atoms with van der Waals surface area (Å²) in [4.78, 5) is 37.5. The molecule has 2 aliphatic rings. The molecule has 11 heteroatoms. The zero-order chi connectivity index (χ0) is 27.9. The molecule has 4 heterocycles. The molecule has 0 saturated carbocycles. The van der Waals surface area contributed by atoms with Gasteiger partial charge in [0.2, 0.25) is 5.91 Å². The van der Waals surface area contributed by atoms with Crippen LogP contribution in [-0.4, -0.2) is 71.4 Å². The van der Waals surface area contributed by atoms with E-state index < -0.39 is 23.6 Å². The van der Waals surface area contributed by atoms with Gasteiger partial charge in [0.05, 0.1) is 19.9 Å². The van der Waals surface area contributed by atoms with Crippen molar-refractivity contribution in [2.24, 2.45) is 10.9 Å². The van der Waals surface area contributed by atoms with Gasteiger partial charge in [-0.1, -0.05) is 49.3 Å². The molecule has 1 fully saturated rings. The molecule has 3 aromatic rings. The molecule has 2 aromatic heterocycles. The lowest BCUT2D eigenvalue weighted by molar-refractivity contribution is -0.134. The zero-order valence-electron chi connectivity index (χ0n) is 23.0. The molecule has 39 heavy (non-hydrogen) atoms. The first-order chi connectivity index (χ1) is 18.6. The zero-order valence-corrected chi connectivity index (χ0v) is 23.0. The smallest absolute Gasteiger partial charge is 0.277 e. The molecule has 200 valence electrons. The number of pyridine rings is 1. The van der Waals surface area contributed by atoms with Crippen LogP contribution >= 0.6 is 0 Å². The number of hydrogen-bond donors (Lipinski definition) is 2. The first kappa shape index (κ1) is 26.9. The Bertz CT molecular complexity index is 1420. The number of rotatable bonds is 7. The Balaban J connectivity index is 1.39. The molecule has 0 aliphatic carbocycles. The van der Waals surface area contributed by atoms with Crippen molar-refractivity contribution in [2.45, 2.75) is 57.7 Å². The normalized spacial score (nSPS) is 23.6. The Labute approximate surface area is 229 Å². The molecule has 2 unspecified atom stereocenters. The number of β-amino-alcohol motifs (C(OH)–C–C–N with tert-alkyl or cyclic N) is 1. The Kier molecular flexibility index (Phi) is 7.20. The fourth-order valence-corrected chi connectivity index (χ4v) is 5.56. The van der Waals surface area contributed by atoms with Crippen LogP contribution in [0.5, 0.6) is 0 Å². The summed E-state index contributed by atoms with van der Waals surface area (Å²) in [6.07, 6.45) is 1.34. The van der Waals surface area contributed by atoms with Crippen LogP contribution in [0.3, 0.4) is 0 Å². The second kappa shape index (κ2) is 10.4. The van der Waals surface area contributed by atoms with Gasteiger partial charge < -0.3 is 19.8 Å². The van der Waals surface area contributed by atoms with Crippen LogP contribution < -0.4 is 10.9 Å². The van der Waals surface area contributed by atoms with Gasteiger partial charge >= 0.3 is 0 Å². The lowest BCUT2D eigenvalue weighted by Crippen LogP contribution is -2.51. The van der Waals surface area contributed by atoms with Crippen molar-refractivity contribution in [3.8, 4) is 11.1 Å². The predicted molar refractivity (Wildman–Crippen MR) is 153 cm³/mol. The summed E-state index contributed by atoms with van der Waals surface area (Å²) in [5, 5.41) is 18.0. The predicted octanol–water partition coefficient (Wildman–Crippen LogP) is 0.800. The number of benzene rings is 1. The molecule has 1 saturated heterocycles. The van der Waals surface area contributed by atoms with Crippen molar-refractivity contribution in [3.05, 3.63) is 65.7 Å². The van der Waals surface area contributed by atoms with Gasteiger partial charge in [-0.3, -0.25) is 14.6 Å². The second-order valence-electron chi connectivity index (χ2n) is 11.0. The van der Waals surface area contributed by atoms with Gasteiger partial charge in [-0.15, -0.1) is 0 Å². The molecule has 2 amide bonds. The van der Waals surface area contributed by atoms with E-state index in [1.807, 2.05) is 71.0 Å². The van der Waals surface area contributed by atoms with E-state index in [4.69, 9.17) is 4.52 Å². The highest BCUT2D eigenvalue weighted by Crippen LogP contribution is 2.34. The van der Waals surface area contributed by atoms with Gasteiger partial charge in [0.25, 0.3) is 5.91 Å². The number of aryl methyl sites for hydroxylation is 1. The fraction of sp³-hybridized carbons (Fsp3) is 0.393. The van der Waals surface area contributed by atoms with E-state index in [9.17, 15) is 14.7 Å².